The van der Waals surface area contributed by atoms with E-state index in [1.165, 1.54) is 12.1 Å². The van der Waals surface area contributed by atoms with Crippen LogP contribution in [0.1, 0.15) is 11.1 Å². The van der Waals surface area contributed by atoms with Gasteiger partial charge in [-0.1, -0.05) is 36.4 Å². The second kappa shape index (κ2) is 5.67. The number of carbonyl (C=O) groups is 1. The average Bonchev–Trinajstić information content (AvgIpc) is 2.38. The van der Waals surface area contributed by atoms with E-state index in [-0.39, 0.29) is 6.42 Å². The average molecular weight is 299 g/mol. The molecule has 5 heteroatoms. The Morgan fingerprint density at radius 1 is 0.900 bits per heavy atom. The van der Waals surface area contributed by atoms with Gasteiger partial charge in [-0.3, -0.25) is 4.79 Å². The summed E-state index contributed by atoms with van der Waals surface area (Å²) in [6.07, 6.45) is -4.20. The lowest BCUT2D eigenvalue weighted by Crippen LogP contribution is -2.03. The maximum atomic E-state index is 12.5. The summed E-state index contributed by atoms with van der Waals surface area (Å²) in [7, 11) is 0. The topological polar surface area (TPSA) is 17.1 Å². The molecule has 0 N–H and O–H groups in total. The van der Waals surface area contributed by atoms with Gasteiger partial charge in [-0.15, -0.1) is 0 Å². The fraction of sp³-hybridized carbons (Fsp3) is 0.133. The number of benzene rings is 2. The molecule has 0 radical (unpaired) electrons. The predicted octanol–water partition coefficient (Wildman–Crippen LogP) is 4.68. The van der Waals surface area contributed by atoms with Gasteiger partial charge in [-0.25, -0.2) is 0 Å². The van der Waals surface area contributed by atoms with Crippen molar-refractivity contribution < 1.29 is 18.0 Å². The molecule has 0 aliphatic rings. The van der Waals surface area contributed by atoms with Crippen LogP contribution in [0, 0.1) is 0 Å². The molecule has 0 bridgehead atoms. The molecule has 1 nitrogen and oxygen atoms in total. The summed E-state index contributed by atoms with van der Waals surface area (Å²) < 4.78 is 37.4. The Morgan fingerprint density at radius 3 is 1.75 bits per heavy atom. The molecule has 2 rings (SSSR count). The largest absolute Gasteiger partial charge is 0.416 e. The van der Waals surface area contributed by atoms with E-state index < -0.39 is 17.0 Å². The summed E-state index contributed by atoms with van der Waals surface area (Å²) in [5.41, 5.74) is 1.55. The van der Waals surface area contributed by atoms with Crippen LogP contribution >= 0.6 is 11.6 Å². The lowest BCUT2D eigenvalue weighted by atomic mass is 10.0. The van der Waals surface area contributed by atoms with Gasteiger partial charge in [0.2, 0.25) is 5.24 Å². The van der Waals surface area contributed by atoms with Crippen LogP contribution in [0.25, 0.3) is 11.1 Å². The minimum Gasteiger partial charge on any atom is -0.281 e. The normalized spacial score (nSPS) is 11.4. The Kier molecular flexibility index (Phi) is 4.14. The van der Waals surface area contributed by atoms with Gasteiger partial charge in [0.1, 0.15) is 0 Å². The number of halogens is 4. The summed E-state index contributed by atoms with van der Waals surface area (Å²) >= 11 is 5.28. The summed E-state index contributed by atoms with van der Waals surface area (Å²) in [4.78, 5) is 10.8. The Labute approximate surface area is 119 Å². The standard InChI is InChI=1S/C15H10ClF3O/c16-14(20)9-10-1-3-11(4-2-10)12-5-7-13(8-6-12)15(17,18)19/h1-8H,9H2. The van der Waals surface area contributed by atoms with Crippen LogP contribution in [-0.2, 0) is 17.4 Å². The van der Waals surface area contributed by atoms with E-state index in [1.807, 2.05) is 0 Å². The molecule has 0 atom stereocenters. The van der Waals surface area contributed by atoms with Crippen molar-refractivity contribution in [3.05, 3.63) is 59.7 Å². The fourth-order valence-electron chi connectivity index (χ4n) is 1.83. The van der Waals surface area contributed by atoms with Crippen molar-refractivity contribution in [3.63, 3.8) is 0 Å². The first-order valence-electron chi connectivity index (χ1n) is 5.81. The molecule has 0 aliphatic carbocycles. The predicted molar refractivity (Wildman–Crippen MR) is 71.4 cm³/mol. The van der Waals surface area contributed by atoms with E-state index in [1.54, 1.807) is 24.3 Å². The second-order valence-electron chi connectivity index (χ2n) is 4.30. The lowest BCUT2D eigenvalue weighted by molar-refractivity contribution is -0.137. The molecule has 2 aromatic rings. The van der Waals surface area contributed by atoms with Crippen LogP contribution in [0.15, 0.2) is 48.5 Å². The van der Waals surface area contributed by atoms with E-state index in [0.29, 0.717) is 5.56 Å². The SMILES string of the molecule is O=C(Cl)Cc1ccc(-c2ccc(C(F)(F)F)cc2)cc1. The highest BCUT2D eigenvalue weighted by Crippen LogP contribution is 2.31. The van der Waals surface area contributed by atoms with Gasteiger partial charge in [0, 0.05) is 6.42 Å². The van der Waals surface area contributed by atoms with Gasteiger partial charge in [0.15, 0.2) is 0 Å². The number of alkyl halides is 3. The van der Waals surface area contributed by atoms with Crippen LogP contribution < -0.4 is 0 Å². The zero-order valence-electron chi connectivity index (χ0n) is 10.2. The lowest BCUT2D eigenvalue weighted by Gasteiger charge is -2.08. The van der Waals surface area contributed by atoms with Gasteiger partial charge in [0.25, 0.3) is 0 Å². The Hall–Kier alpha value is -1.81. The van der Waals surface area contributed by atoms with E-state index >= 15 is 0 Å². The second-order valence-corrected chi connectivity index (χ2v) is 4.73. The number of rotatable bonds is 3. The molecule has 0 saturated heterocycles. The molecule has 0 amide bonds. The van der Waals surface area contributed by atoms with E-state index in [2.05, 4.69) is 0 Å². The van der Waals surface area contributed by atoms with Crippen LogP contribution in [-0.4, -0.2) is 5.24 Å². The molecule has 0 spiro atoms. The summed E-state index contributed by atoms with van der Waals surface area (Å²) in [5, 5.41) is -0.452. The van der Waals surface area contributed by atoms with E-state index in [4.69, 9.17) is 11.6 Å². The third-order valence-corrected chi connectivity index (χ3v) is 2.98. The Morgan fingerprint density at radius 2 is 1.35 bits per heavy atom. The quantitative estimate of drug-likeness (QED) is 0.752. The van der Waals surface area contributed by atoms with Crippen molar-refractivity contribution in [2.75, 3.05) is 0 Å². The zero-order valence-corrected chi connectivity index (χ0v) is 11.0. The first kappa shape index (κ1) is 14.6. The summed E-state index contributed by atoms with van der Waals surface area (Å²) in [5.74, 6) is 0. The Balaban J connectivity index is 2.21. The molecule has 0 heterocycles. The Bertz CT molecular complexity index is 601. The molecule has 104 valence electrons. The van der Waals surface area contributed by atoms with Gasteiger partial charge < -0.3 is 0 Å². The monoisotopic (exact) mass is 298 g/mol. The van der Waals surface area contributed by atoms with Crippen LogP contribution in [0.5, 0.6) is 0 Å². The first-order valence-corrected chi connectivity index (χ1v) is 6.19. The third-order valence-electron chi connectivity index (χ3n) is 2.84. The van der Waals surface area contributed by atoms with E-state index in [9.17, 15) is 18.0 Å². The van der Waals surface area contributed by atoms with Crippen molar-refractivity contribution in [2.45, 2.75) is 12.6 Å². The van der Waals surface area contributed by atoms with Gasteiger partial charge in [0.05, 0.1) is 5.56 Å². The number of hydrogen-bond acceptors (Lipinski definition) is 1. The maximum absolute atomic E-state index is 12.5. The summed E-state index contributed by atoms with van der Waals surface area (Å²) in [6.45, 7) is 0. The van der Waals surface area contributed by atoms with Crippen LogP contribution in [0.4, 0.5) is 13.2 Å². The minimum absolute atomic E-state index is 0.134. The van der Waals surface area contributed by atoms with Gasteiger partial charge in [-0.05, 0) is 40.4 Å². The van der Waals surface area contributed by atoms with Crippen molar-refractivity contribution in [3.8, 4) is 11.1 Å². The van der Waals surface area contributed by atoms with Gasteiger partial charge >= 0.3 is 6.18 Å². The molecule has 0 aliphatic heterocycles. The van der Waals surface area contributed by atoms with Crippen molar-refractivity contribution in [1.82, 2.24) is 0 Å². The highest BCUT2D eigenvalue weighted by Gasteiger charge is 2.29. The minimum atomic E-state index is -4.33. The van der Waals surface area contributed by atoms with Crippen LogP contribution in [0.3, 0.4) is 0 Å². The molecular formula is C15H10ClF3O. The van der Waals surface area contributed by atoms with Crippen molar-refractivity contribution in [2.24, 2.45) is 0 Å². The van der Waals surface area contributed by atoms with E-state index in [0.717, 1.165) is 23.3 Å². The fourth-order valence-corrected chi connectivity index (χ4v) is 1.98. The number of carbonyl (C=O) groups excluding carboxylic acids is 1. The molecule has 0 unspecified atom stereocenters. The highest BCUT2D eigenvalue weighted by atomic mass is 35.5. The molecule has 0 aromatic heterocycles. The van der Waals surface area contributed by atoms with Crippen molar-refractivity contribution in [1.29, 1.82) is 0 Å². The summed E-state index contributed by atoms with van der Waals surface area (Å²) in [6, 6.07) is 11.9. The van der Waals surface area contributed by atoms with Crippen molar-refractivity contribution >= 4 is 16.8 Å². The van der Waals surface area contributed by atoms with Crippen LogP contribution in [0.2, 0.25) is 0 Å². The smallest absolute Gasteiger partial charge is 0.281 e. The molecule has 2 aromatic carbocycles. The third kappa shape index (κ3) is 3.61. The van der Waals surface area contributed by atoms with Gasteiger partial charge in [-0.2, -0.15) is 13.2 Å². The molecule has 0 fully saturated rings. The molecule has 20 heavy (non-hydrogen) atoms. The molecular weight excluding hydrogens is 289 g/mol. The number of hydrogen-bond donors (Lipinski definition) is 0. The zero-order chi connectivity index (χ0) is 14.8. The highest BCUT2D eigenvalue weighted by molar-refractivity contribution is 6.63. The maximum Gasteiger partial charge on any atom is 0.416 e. The molecule has 0 saturated carbocycles. The first-order chi connectivity index (χ1) is 9.36.